The molecule has 0 unspecified atom stereocenters. The Morgan fingerprint density at radius 3 is 2.24 bits per heavy atom. The second kappa shape index (κ2) is 13.6. The number of carboxylic acids is 2. The zero-order valence-electron chi connectivity index (χ0n) is 20.0. The molecule has 4 heterocycles. The Bertz CT molecular complexity index is 1010. The van der Waals surface area contributed by atoms with Crippen molar-refractivity contribution >= 4 is 11.9 Å². The first-order chi connectivity index (χ1) is 17.7. The van der Waals surface area contributed by atoms with Crippen LogP contribution in [0.25, 0.3) is 0 Å². The zero-order chi connectivity index (χ0) is 28.5. The van der Waals surface area contributed by atoms with Crippen molar-refractivity contribution in [2.75, 3.05) is 13.2 Å². The summed E-state index contributed by atoms with van der Waals surface area (Å²) >= 11 is 0. The largest absolute Gasteiger partial charge is 0.490 e. The van der Waals surface area contributed by atoms with Crippen LogP contribution in [0.15, 0.2) is 41.1 Å². The lowest BCUT2D eigenvalue weighted by Crippen LogP contribution is -2.41. The van der Waals surface area contributed by atoms with E-state index in [0.717, 1.165) is 49.6 Å². The van der Waals surface area contributed by atoms with E-state index >= 15 is 0 Å². The molecule has 2 saturated heterocycles. The van der Waals surface area contributed by atoms with Crippen molar-refractivity contribution in [2.45, 2.75) is 63.5 Å². The molecule has 2 aromatic rings. The summed E-state index contributed by atoms with van der Waals surface area (Å²) in [7, 11) is 0. The van der Waals surface area contributed by atoms with E-state index in [1.807, 2.05) is 31.3 Å². The number of hydrogen-bond acceptors (Lipinski definition) is 7. The third-order valence-electron chi connectivity index (χ3n) is 5.41. The van der Waals surface area contributed by atoms with Gasteiger partial charge in [-0.05, 0) is 43.5 Å². The lowest BCUT2D eigenvalue weighted by molar-refractivity contribution is -0.193. The normalized spacial score (nSPS) is 21.4. The van der Waals surface area contributed by atoms with Crippen LogP contribution in [0, 0.1) is 6.92 Å². The number of rotatable bonds is 5. The summed E-state index contributed by atoms with van der Waals surface area (Å²) < 4.78 is 81.5. The molecule has 0 spiro atoms. The van der Waals surface area contributed by atoms with E-state index < -0.39 is 24.3 Å². The van der Waals surface area contributed by atoms with Crippen LogP contribution in [0.5, 0.6) is 0 Å². The summed E-state index contributed by atoms with van der Waals surface area (Å²) in [5.41, 5.74) is 1.10. The van der Waals surface area contributed by atoms with Gasteiger partial charge in [-0.15, -0.1) is 0 Å². The highest BCUT2D eigenvalue weighted by molar-refractivity contribution is 5.73. The average Bonchev–Trinajstić information content (AvgIpc) is 3.41. The summed E-state index contributed by atoms with van der Waals surface area (Å²) in [5, 5.41) is 14.2. The molecule has 2 aliphatic heterocycles. The number of hydrogen-bond donors (Lipinski definition) is 2. The van der Waals surface area contributed by atoms with Crippen molar-refractivity contribution in [3.8, 4) is 0 Å². The van der Waals surface area contributed by atoms with Gasteiger partial charge in [-0.3, -0.25) is 9.88 Å². The molecular weight excluding hydrogens is 530 g/mol. The smallest absolute Gasteiger partial charge is 0.475 e. The highest BCUT2D eigenvalue weighted by Crippen LogP contribution is 2.32. The second-order valence-corrected chi connectivity index (χ2v) is 8.30. The zero-order valence-corrected chi connectivity index (χ0v) is 20.0. The highest BCUT2D eigenvalue weighted by atomic mass is 19.4. The fourth-order valence-corrected chi connectivity index (χ4v) is 3.79. The van der Waals surface area contributed by atoms with Crippen molar-refractivity contribution in [1.82, 2.24) is 9.88 Å². The van der Waals surface area contributed by atoms with Crippen LogP contribution in [-0.2, 0) is 32.2 Å². The van der Waals surface area contributed by atoms with Crippen LogP contribution in [0.1, 0.15) is 29.9 Å². The molecule has 4 rings (SSSR count). The number of aryl methyl sites for hydroxylation is 1. The summed E-state index contributed by atoms with van der Waals surface area (Å²) in [6.07, 6.45) is -3.98. The number of carboxylic acid groups (broad SMARTS) is 2. The fourth-order valence-electron chi connectivity index (χ4n) is 3.79. The van der Waals surface area contributed by atoms with Crippen molar-refractivity contribution in [1.29, 1.82) is 0 Å². The van der Waals surface area contributed by atoms with Crippen LogP contribution in [-0.4, -0.2) is 75.8 Å². The first-order valence-corrected chi connectivity index (χ1v) is 11.2. The molecular formula is C23H26F6N2O7. The number of aliphatic carboxylic acids is 2. The molecule has 38 heavy (non-hydrogen) atoms. The number of aromatic nitrogens is 1. The number of fused-ring (bicyclic) bond motifs is 1. The van der Waals surface area contributed by atoms with Gasteiger partial charge in [-0.25, -0.2) is 9.59 Å². The molecule has 0 aliphatic carbocycles. The Morgan fingerprint density at radius 1 is 1.11 bits per heavy atom. The van der Waals surface area contributed by atoms with Crippen LogP contribution in [0.4, 0.5) is 26.3 Å². The molecule has 3 atom stereocenters. The average molecular weight is 556 g/mol. The fraction of sp³-hybridized carbons (Fsp3) is 0.522. The summed E-state index contributed by atoms with van der Waals surface area (Å²) in [6.45, 7) is 5.11. The van der Waals surface area contributed by atoms with Crippen molar-refractivity contribution in [2.24, 2.45) is 0 Å². The Hall–Kier alpha value is -3.17. The maximum atomic E-state index is 10.6. The van der Waals surface area contributed by atoms with Gasteiger partial charge >= 0.3 is 24.3 Å². The number of alkyl halides is 6. The van der Waals surface area contributed by atoms with E-state index in [0.29, 0.717) is 12.6 Å². The molecule has 9 nitrogen and oxygen atoms in total. The van der Waals surface area contributed by atoms with E-state index in [9.17, 15) is 26.3 Å². The molecule has 0 saturated carbocycles. The van der Waals surface area contributed by atoms with Crippen molar-refractivity contribution in [3.05, 3.63) is 53.7 Å². The van der Waals surface area contributed by atoms with Crippen LogP contribution in [0.2, 0.25) is 0 Å². The third-order valence-corrected chi connectivity index (χ3v) is 5.41. The van der Waals surface area contributed by atoms with Gasteiger partial charge in [0.25, 0.3) is 0 Å². The highest BCUT2D eigenvalue weighted by Gasteiger charge is 2.45. The molecule has 0 aromatic carbocycles. The number of halogens is 6. The van der Waals surface area contributed by atoms with Crippen LogP contribution >= 0.6 is 0 Å². The topological polar surface area (TPSA) is 122 Å². The van der Waals surface area contributed by atoms with Gasteiger partial charge in [0.05, 0.1) is 19.3 Å². The van der Waals surface area contributed by atoms with Gasteiger partial charge in [0.1, 0.15) is 17.6 Å². The molecule has 0 radical (unpaired) electrons. The predicted octanol–water partition coefficient (Wildman–Crippen LogP) is 4.20. The number of carbonyl (C=O) groups is 2. The van der Waals surface area contributed by atoms with Crippen molar-refractivity contribution < 1.29 is 60.0 Å². The maximum Gasteiger partial charge on any atom is 0.490 e. The molecule has 212 valence electrons. The summed E-state index contributed by atoms with van der Waals surface area (Å²) in [4.78, 5) is 24.4. The molecule has 2 N–H and O–H groups in total. The number of pyridine rings is 1. The van der Waals surface area contributed by atoms with Gasteiger partial charge in [-0.2, -0.15) is 26.3 Å². The molecule has 15 heteroatoms. The van der Waals surface area contributed by atoms with Crippen LogP contribution < -0.4 is 0 Å². The van der Waals surface area contributed by atoms with Gasteiger partial charge in [0, 0.05) is 31.6 Å². The summed E-state index contributed by atoms with van der Waals surface area (Å²) in [5.74, 6) is -3.53. The van der Waals surface area contributed by atoms with E-state index in [2.05, 4.69) is 16.0 Å². The SMILES string of the molecule is Cc1ccc(CN2C[C@@H](OCc3cccnc3)[C@H]3OCCC[C@@H]32)o1.O=C(O)C(F)(F)F.O=C(O)C(F)(F)F. The Labute approximate surface area is 213 Å². The maximum absolute atomic E-state index is 10.6. The van der Waals surface area contributed by atoms with Gasteiger partial charge in [-0.1, -0.05) is 6.07 Å². The Balaban J connectivity index is 0.000000301. The molecule has 0 bridgehead atoms. The van der Waals surface area contributed by atoms with Gasteiger partial charge < -0.3 is 24.1 Å². The molecule has 2 aliphatic rings. The second-order valence-electron chi connectivity index (χ2n) is 8.30. The van der Waals surface area contributed by atoms with Crippen LogP contribution in [0.3, 0.4) is 0 Å². The van der Waals surface area contributed by atoms with Gasteiger partial charge in [0.2, 0.25) is 0 Å². The molecule has 0 amide bonds. The van der Waals surface area contributed by atoms with E-state index in [4.69, 9.17) is 33.7 Å². The summed E-state index contributed by atoms with van der Waals surface area (Å²) in [6, 6.07) is 8.50. The van der Waals surface area contributed by atoms with Gasteiger partial charge in [0.15, 0.2) is 0 Å². The molecule has 2 fully saturated rings. The first kappa shape index (κ1) is 31.1. The van der Waals surface area contributed by atoms with E-state index in [1.165, 1.54) is 0 Å². The molecule has 2 aromatic heterocycles. The van der Waals surface area contributed by atoms with E-state index in [-0.39, 0.29) is 12.2 Å². The minimum Gasteiger partial charge on any atom is -0.475 e. The lowest BCUT2D eigenvalue weighted by atomic mass is 10.0. The minimum absolute atomic E-state index is 0.103. The van der Waals surface area contributed by atoms with Crippen molar-refractivity contribution in [3.63, 3.8) is 0 Å². The number of furan rings is 1. The lowest BCUT2D eigenvalue weighted by Gasteiger charge is -2.32. The quantitative estimate of drug-likeness (QED) is 0.522. The van der Waals surface area contributed by atoms with E-state index in [1.54, 1.807) is 6.20 Å². The predicted molar refractivity (Wildman–Crippen MR) is 117 cm³/mol. The number of ether oxygens (including phenoxy) is 2. The standard InChI is InChI=1S/C19H24N2O3.2C2HF3O2/c1-14-6-7-16(24-14)11-21-12-18(19-17(21)5-3-9-22-19)23-13-15-4-2-8-20-10-15;2*3-2(4,5)1(6)7/h2,4,6-8,10,17-19H,3,5,9,11-13H2,1H3;2*(H,6,7)/t17-,18+,19-;;/m0../s1. The Kier molecular flexibility index (Phi) is 11.1. The number of nitrogens with zero attached hydrogens (tertiary/aromatic N) is 2. The number of likely N-dealkylation sites (tertiary alicyclic amines) is 1. The minimum atomic E-state index is -5.08. The first-order valence-electron chi connectivity index (χ1n) is 11.2. The Morgan fingerprint density at radius 2 is 1.74 bits per heavy atom. The monoisotopic (exact) mass is 556 g/mol. The third kappa shape index (κ3) is 9.95.